The molecule has 94 valence electrons. The summed E-state index contributed by atoms with van der Waals surface area (Å²) in [5, 5.41) is 12.0. The minimum absolute atomic E-state index is 0.0162. The van der Waals surface area contributed by atoms with Gasteiger partial charge in [-0.25, -0.2) is 4.79 Å². The summed E-state index contributed by atoms with van der Waals surface area (Å²) in [6, 6.07) is 0.582. The number of nitrogens with zero attached hydrogens (tertiary/aromatic N) is 1. The molecule has 0 bridgehead atoms. The Bertz CT molecular complexity index is 222. The number of aliphatic hydroxyl groups excluding tert-OH is 1. The van der Waals surface area contributed by atoms with Crippen LogP contribution in [0.3, 0.4) is 0 Å². The first kappa shape index (κ1) is 13.6. The van der Waals surface area contributed by atoms with Crippen LogP contribution in [-0.2, 0) is 0 Å². The molecule has 0 saturated heterocycles. The number of aliphatic hydroxyl groups is 1. The Morgan fingerprint density at radius 3 is 2.75 bits per heavy atom. The summed E-state index contributed by atoms with van der Waals surface area (Å²) in [5.41, 5.74) is 0. The van der Waals surface area contributed by atoms with E-state index in [2.05, 4.69) is 12.2 Å². The number of amides is 2. The van der Waals surface area contributed by atoms with E-state index >= 15 is 0 Å². The molecule has 16 heavy (non-hydrogen) atoms. The molecule has 4 nitrogen and oxygen atoms in total. The average Bonchev–Trinajstić information content (AvgIpc) is 3.08. The highest BCUT2D eigenvalue weighted by Crippen LogP contribution is 2.26. The number of nitrogens with one attached hydrogen (secondary N) is 1. The van der Waals surface area contributed by atoms with Crippen LogP contribution >= 0.6 is 11.8 Å². The van der Waals surface area contributed by atoms with E-state index in [4.69, 9.17) is 5.11 Å². The van der Waals surface area contributed by atoms with E-state index in [0.29, 0.717) is 12.6 Å². The van der Waals surface area contributed by atoms with E-state index in [1.54, 1.807) is 16.7 Å². The highest BCUT2D eigenvalue weighted by Gasteiger charge is 2.32. The van der Waals surface area contributed by atoms with Gasteiger partial charge in [-0.1, -0.05) is 6.92 Å². The molecule has 1 unspecified atom stereocenters. The Balaban J connectivity index is 2.40. The number of rotatable bonds is 7. The number of carbonyl (C=O) groups excluding carboxylic acids is 1. The monoisotopic (exact) mass is 246 g/mol. The van der Waals surface area contributed by atoms with Crippen molar-refractivity contribution in [3.05, 3.63) is 0 Å². The van der Waals surface area contributed by atoms with Gasteiger partial charge in [-0.2, -0.15) is 11.8 Å². The van der Waals surface area contributed by atoms with E-state index in [0.717, 1.165) is 25.0 Å². The van der Waals surface area contributed by atoms with Crippen molar-refractivity contribution in [2.24, 2.45) is 0 Å². The third-order valence-corrected chi connectivity index (χ3v) is 3.51. The molecule has 0 aromatic carbocycles. The molecular formula is C11H22N2O2S. The van der Waals surface area contributed by atoms with E-state index in [1.165, 1.54) is 0 Å². The molecule has 0 heterocycles. The summed E-state index contributed by atoms with van der Waals surface area (Å²) in [4.78, 5) is 13.7. The number of carbonyl (C=O) groups is 1. The predicted octanol–water partition coefficient (Wildman–Crippen LogP) is 1.29. The maximum absolute atomic E-state index is 12.0. The lowest BCUT2D eigenvalue weighted by Gasteiger charge is -2.25. The fourth-order valence-corrected chi connectivity index (χ4v) is 2.39. The van der Waals surface area contributed by atoms with Crippen LogP contribution < -0.4 is 5.32 Å². The Hall–Kier alpha value is -0.420. The highest BCUT2D eigenvalue weighted by molar-refractivity contribution is 7.98. The molecule has 1 atom stereocenters. The van der Waals surface area contributed by atoms with Crippen LogP contribution in [0.25, 0.3) is 0 Å². The third-order valence-electron chi connectivity index (χ3n) is 2.78. The Labute approximate surface area is 102 Å². The topological polar surface area (TPSA) is 52.6 Å². The molecule has 0 spiro atoms. The van der Waals surface area contributed by atoms with Gasteiger partial charge in [0, 0.05) is 24.4 Å². The zero-order valence-corrected chi connectivity index (χ0v) is 10.9. The second-order valence-electron chi connectivity index (χ2n) is 4.16. The number of hydrogen-bond acceptors (Lipinski definition) is 3. The molecule has 1 rings (SSSR count). The van der Waals surface area contributed by atoms with Gasteiger partial charge >= 0.3 is 6.03 Å². The van der Waals surface area contributed by atoms with Crippen LogP contribution in [0.4, 0.5) is 4.79 Å². The molecule has 0 aromatic heterocycles. The van der Waals surface area contributed by atoms with Crippen LogP contribution in [0, 0.1) is 0 Å². The smallest absolute Gasteiger partial charge is 0.317 e. The van der Waals surface area contributed by atoms with Gasteiger partial charge in [0.05, 0.1) is 6.61 Å². The molecular weight excluding hydrogens is 224 g/mol. The number of hydrogen-bond donors (Lipinski definition) is 2. The summed E-state index contributed by atoms with van der Waals surface area (Å²) >= 11 is 1.74. The van der Waals surface area contributed by atoms with Gasteiger partial charge < -0.3 is 15.3 Å². The molecule has 0 radical (unpaired) electrons. The van der Waals surface area contributed by atoms with Crippen molar-refractivity contribution < 1.29 is 9.90 Å². The van der Waals surface area contributed by atoms with Crippen LogP contribution in [0.2, 0.25) is 0 Å². The van der Waals surface area contributed by atoms with Gasteiger partial charge in [-0.3, -0.25) is 0 Å². The Morgan fingerprint density at radius 2 is 2.31 bits per heavy atom. The quantitative estimate of drug-likeness (QED) is 0.712. The average molecular weight is 246 g/mol. The van der Waals surface area contributed by atoms with Gasteiger partial charge in [0.1, 0.15) is 0 Å². The molecule has 1 aliphatic rings. The molecule has 1 fully saturated rings. The number of urea groups is 1. The minimum atomic E-state index is -0.0162. The summed E-state index contributed by atoms with van der Waals surface area (Å²) in [6.07, 6.45) is 5.14. The minimum Gasteiger partial charge on any atom is -0.395 e. The van der Waals surface area contributed by atoms with Crippen LogP contribution in [0.1, 0.15) is 26.2 Å². The van der Waals surface area contributed by atoms with Crippen molar-refractivity contribution in [2.75, 3.05) is 25.2 Å². The van der Waals surface area contributed by atoms with E-state index < -0.39 is 0 Å². The van der Waals surface area contributed by atoms with Crippen molar-refractivity contribution in [3.8, 4) is 0 Å². The van der Waals surface area contributed by atoms with Crippen LogP contribution in [0.15, 0.2) is 0 Å². The normalized spacial score (nSPS) is 16.9. The summed E-state index contributed by atoms with van der Waals surface area (Å²) in [6.45, 7) is 2.57. The maximum atomic E-state index is 12.0. The first-order chi connectivity index (χ1) is 7.72. The molecule has 1 aliphatic carbocycles. The fourth-order valence-electron chi connectivity index (χ4n) is 1.66. The molecule has 2 N–H and O–H groups in total. The highest BCUT2D eigenvalue weighted by atomic mass is 32.2. The van der Waals surface area contributed by atoms with Crippen molar-refractivity contribution in [1.82, 2.24) is 10.2 Å². The zero-order chi connectivity index (χ0) is 12.0. The van der Waals surface area contributed by atoms with Crippen LogP contribution in [-0.4, -0.2) is 53.3 Å². The van der Waals surface area contributed by atoms with Gasteiger partial charge in [0.25, 0.3) is 0 Å². The Morgan fingerprint density at radius 1 is 1.62 bits per heavy atom. The molecule has 1 saturated carbocycles. The lowest BCUT2D eigenvalue weighted by molar-refractivity contribution is 0.171. The van der Waals surface area contributed by atoms with Gasteiger partial charge in [-0.05, 0) is 25.5 Å². The SMILES string of the molecule is CCC(CSC)NC(=O)N(CCO)C1CC1. The molecule has 2 amide bonds. The van der Waals surface area contributed by atoms with E-state index in [-0.39, 0.29) is 18.7 Å². The predicted molar refractivity (Wildman–Crippen MR) is 67.8 cm³/mol. The van der Waals surface area contributed by atoms with Crippen LogP contribution in [0.5, 0.6) is 0 Å². The maximum Gasteiger partial charge on any atom is 0.317 e. The van der Waals surface area contributed by atoms with E-state index in [9.17, 15) is 4.79 Å². The van der Waals surface area contributed by atoms with Gasteiger partial charge in [-0.15, -0.1) is 0 Å². The Kier molecular flexibility index (Phi) is 5.98. The molecule has 0 aliphatic heterocycles. The van der Waals surface area contributed by atoms with Gasteiger partial charge in [0.15, 0.2) is 0 Å². The molecule has 0 aromatic rings. The summed E-state index contributed by atoms with van der Waals surface area (Å²) < 4.78 is 0. The van der Waals surface area contributed by atoms with Crippen molar-refractivity contribution in [2.45, 2.75) is 38.3 Å². The zero-order valence-electron chi connectivity index (χ0n) is 10.1. The second-order valence-corrected chi connectivity index (χ2v) is 5.07. The summed E-state index contributed by atoms with van der Waals surface area (Å²) in [5.74, 6) is 0.944. The van der Waals surface area contributed by atoms with Crippen molar-refractivity contribution >= 4 is 17.8 Å². The fraction of sp³-hybridized carbons (Fsp3) is 0.909. The van der Waals surface area contributed by atoms with Crippen molar-refractivity contribution in [1.29, 1.82) is 0 Å². The lowest BCUT2D eigenvalue weighted by atomic mass is 10.2. The largest absolute Gasteiger partial charge is 0.395 e. The standard InChI is InChI=1S/C11H22N2O2S/c1-3-9(8-16-2)12-11(15)13(6-7-14)10-4-5-10/h9-10,14H,3-8H2,1-2H3,(H,12,15). The third kappa shape index (κ3) is 4.22. The summed E-state index contributed by atoms with van der Waals surface area (Å²) in [7, 11) is 0. The first-order valence-electron chi connectivity index (χ1n) is 5.89. The first-order valence-corrected chi connectivity index (χ1v) is 7.29. The number of thioether (sulfide) groups is 1. The van der Waals surface area contributed by atoms with Gasteiger partial charge in [0.2, 0.25) is 0 Å². The lowest BCUT2D eigenvalue weighted by Crippen LogP contribution is -2.47. The van der Waals surface area contributed by atoms with E-state index in [1.807, 2.05) is 6.26 Å². The van der Waals surface area contributed by atoms with Crippen molar-refractivity contribution in [3.63, 3.8) is 0 Å². The molecule has 5 heteroatoms. The second kappa shape index (κ2) is 7.01.